The maximum Gasteiger partial charge on any atom is 0.315 e. The Labute approximate surface area is 119 Å². The lowest BCUT2D eigenvalue weighted by Crippen LogP contribution is -2.48. The van der Waals surface area contributed by atoms with Gasteiger partial charge >= 0.3 is 6.03 Å². The standard InChI is InChI=1S/C14H24N4O2/c1-9-11(10(2)18-17-9)7-15-13(20)16-12-5-4-6-14(12,3)8-19/h12,19H,4-8H2,1-3H3,(H,17,18)(H2,15,16,20). The Balaban J connectivity index is 1.87. The monoisotopic (exact) mass is 280 g/mol. The number of nitrogens with zero attached hydrogens (tertiary/aromatic N) is 1. The van der Waals surface area contributed by atoms with Crippen LogP contribution in [0.1, 0.15) is 43.1 Å². The third-order valence-corrected chi connectivity index (χ3v) is 4.45. The molecule has 6 nitrogen and oxygen atoms in total. The van der Waals surface area contributed by atoms with Gasteiger partial charge in [0.25, 0.3) is 0 Å². The zero-order valence-corrected chi connectivity index (χ0v) is 12.4. The second-order valence-electron chi connectivity index (χ2n) is 6.00. The minimum atomic E-state index is -0.196. The summed E-state index contributed by atoms with van der Waals surface area (Å²) in [5.41, 5.74) is 2.71. The van der Waals surface area contributed by atoms with E-state index < -0.39 is 0 Å². The number of aromatic nitrogens is 2. The molecule has 0 aliphatic heterocycles. The maximum atomic E-state index is 12.0. The highest BCUT2D eigenvalue weighted by Gasteiger charge is 2.39. The molecule has 6 heteroatoms. The number of aromatic amines is 1. The first kappa shape index (κ1) is 14.8. The smallest absolute Gasteiger partial charge is 0.315 e. The van der Waals surface area contributed by atoms with Crippen molar-refractivity contribution in [3.63, 3.8) is 0 Å². The first-order valence-electron chi connectivity index (χ1n) is 7.12. The first-order chi connectivity index (χ1) is 9.46. The molecule has 4 N–H and O–H groups in total. The highest BCUT2D eigenvalue weighted by molar-refractivity contribution is 5.74. The van der Waals surface area contributed by atoms with Gasteiger partial charge in [-0.1, -0.05) is 13.3 Å². The summed E-state index contributed by atoms with van der Waals surface area (Å²) in [4.78, 5) is 12.0. The molecule has 1 heterocycles. The Bertz CT molecular complexity index is 466. The lowest BCUT2D eigenvalue weighted by atomic mass is 9.86. The van der Waals surface area contributed by atoms with Crippen molar-refractivity contribution in [3.8, 4) is 0 Å². The van der Waals surface area contributed by atoms with Crippen molar-refractivity contribution >= 4 is 6.03 Å². The Morgan fingerprint density at radius 2 is 2.30 bits per heavy atom. The van der Waals surface area contributed by atoms with E-state index in [1.54, 1.807) is 0 Å². The molecular weight excluding hydrogens is 256 g/mol. The minimum Gasteiger partial charge on any atom is -0.396 e. The van der Waals surface area contributed by atoms with Gasteiger partial charge in [0.15, 0.2) is 0 Å². The topological polar surface area (TPSA) is 90.0 Å². The number of nitrogens with one attached hydrogen (secondary N) is 3. The van der Waals surface area contributed by atoms with Crippen LogP contribution in [0, 0.1) is 19.3 Å². The molecule has 112 valence electrons. The van der Waals surface area contributed by atoms with Gasteiger partial charge in [0.05, 0.1) is 12.3 Å². The van der Waals surface area contributed by atoms with Crippen molar-refractivity contribution in [1.82, 2.24) is 20.8 Å². The molecule has 1 aromatic heterocycles. The predicted molar refractivity (Wildman–Crippen MR) is 76.3 cm³/mol. The van der Waals surface area contributed by atoms with Crippen LogP contribution in [-0.2, 0) is 6.54 Å². The minimum absolute atomic E-state index is 0.0408. The predicted octanol–water partition coefficient (Wildman–Crippen LogP) is 1.38. The van der Waals surface area contributed by atoms with Gasteiger partial charge in [-0.25, -0.2) is 4.79 Å². The number of aliphatic hydroxyl groups is 1. The highest BCUT2D eigenvalue weighted by Crippen LogP contribution is 2.37. The molecule has 20 heavy (non-hydrogen) atoms. The number of aryl methyl sites for hydroxylation is 2. The van der Waals surface area contributed by atoms with Crippen LogP contribution in [0.15, 0.2) is 0 Å². The van der Waals surface area contributed by atoms with Crippen LogP contribution in [0.2, 0.25) is 0 Å². The van der Waals surface area contributed by atoms with Crippen LogP contribution in [0.4, 0.5) is 4.79 Å². The van der Waals surface area contributed by atoms with Crippen molar-refractivity contribution in [3.05, 3.63) is 17.0 Å². The lowest BCUT2D eigenvalue weighted by Gasteiger charge is -2.30. The van der Waals surface area contributed by atoms with E-state index in [-0.39, 0.29) is 24.1 Å². The second kappa shape index (κ2) is 5.83. The number of carbonyl (C=O) groups is 1. The van der Waals surface area contributed by atoms with Gasteiger partial charge < -0.3 is 15.7 Å². The van der Waals surface area contributed by atoms with E-state index in [4.69, 9.17) is 0 Å². The summed E-state index contributed by atoms with van der Waals surface area (Å²) >= 11 is 0. The first-order valence-corrected chi connectivity index (χ1v) is 7.12. The van der Waals surface area contributed by atoms with Crippen molar-refractivity contribution in [2.45, 2.75) is 52.6 Å². The molecule has 2 amide bonds. The van der Waals surface area contributed by atoms with Crippen LogP contribution in [0.3, 0.4) is 0 Å². The number of aliphatic hydroxyl groups excluding tert-OH is 1. The van der Waals surface area contributed by atoms with E-state index in [1.165, 1.54) is 0 Å². The average Bonchev–Trinajstić information content (AvgIpc) is 2.93. The van der Waals surface area contributed by atoms with Gasteiger partial charge in [-0.15, -0.1) is 0 Å². The molecule has 0 bridgehead atoms. The van der Waals surface area contributed by atoms with Crippen LogP contribution in [0.5, 0.6) is 0 Å². The molecule has 1 aliphatic carbocycles. The van der Waals surface area contributed by atoms with Gasteiger partial charge in [-0.2, -0.15) is 5.10 Å². The van der Waals surface area contributed by atoms with Gasteiger partial charge in [-0.3, -0.25) is 5.10 Å². The molecule has 2 unspecified atom stereocenters. The van der Waals surface area contributed by atoms with Gasteiger partial charge in [0.1, 0.15) is 0 Å². The molecule has 0 spiro atoms. The van der Waals surface area contributed by atoms with Gasteiger partial charge in [-0.05, 0) is 26.7 Å². The number of hydrogen-bond donors (Lipinski definition) is 4. The van der Waals surface area contributed by atoms with E-state index >= 15 is 0 Å². The van der Waals surface area contributed by atoms with Gasteiger partial charge in [0, 0.05) is 29.3 Å². The zero-order valence-electron chi connectivity index (χ0n) is 12.4. The third-order valence-electron chi connectivity index (χ3n) is 4.45. The number of amides is 2. The van der Waals surface area contributed by atoms with Crippen LogP contribution >= 0.6 is 0 Å². The average molecular weight is 280 g/mol. The van der Waals surface area contributed by atoms with Crippen LogP contribution < -0.4 is 10.6 Å². The summed E-state index contributed by atoms with van der Waals surface area (Å²) in [5, 5.41) is 22.3. The summed E-state index contributed by atoms with van der Waals surface area (Å²) < 4.78 is 0. The molecule has 2 atom stereocenters. The summed E-state index contributed by atoms with van der Waals surface area (Å²) in [6.07, 6.45) is 2.92. The number of hydrogen-bond acceptors (Lipinski definition) is 3. The third kappa shape index (κ3) is 2.95. The van der Waals surface area contributed by atoms with Crippen molar-refractivity contribution in [2.24, 2.45) is 5.41 Å². The molecule has 1 saturated carbocycles. The van der Waals surface area contributed by atoms with Crippen molar-refractivity contribution < 1.29 is 9.90 Å². The Kier molecular flexibility index (Phi) is 4.32. The van der Waals surface area contributed by atoms with Crippen molar-refractivity contribution in [1.29, 1.82) is 0 Å². The quantitative estimate of drug-likeness (QED) is 0.671. The van der Waals surface area contributed by atoms with E-state index in [1.807, 2.05) is 20.8 Å². The second-order valence-corrected chi connectivity index (χ2v) is 6.00. The highest BCUT2D eigenvalue weighted by atomic mass is 16.3. The molecule has 0 saturated heterocycles. The van der Waals surface area contributed by atoms with E-state index in [2.05, 4.69) is 20.8 Å². The normalized spacial score (nSPS) is 25.7. The molecule has 1 aromatic rings. The molecule has 1 aliphatic rings. The van der Waals surface area contributed by atoms with E-state index in [0.717, 1.165) is 36.2 Å². The Morgan fingerprint density at radius 3 is 2.90 bits per heavy atom. The summed E-state index contributed by atoms with van der Waals surface area (Å²) in [7, 11) is 0. The Hall–Kier alpha value is -1.56. The van der Waals surface area contributed by atoms with Crippen molar-refractivity contribution in [2.75, 3.05) is 6.61 Å². The van der Waals surface area contributed by atoms with E-state index in [9.17, 15) is 9.90 Å². The number of rotatable bonds is 4. The number of carbonyl (C=O) groups excluding carboxylic acids is 1. The molecule has 1 fully saturated rings. The fraction of sp³-hybridized carbons (Fsp3) is 0.714. The van der Waals surface area contributed by atoms with Crippen LogP contribution in [0.25, 0.3) is 0 Å². The molecule has 0 aromatic carbocycles. The fourth-order valence-corrected chi connectivity index (χ4v) is 2.88. The molecule has 2 rings (SSSR count). The molecule has 0 radical (unpaired) electrons. The lowest BCUT2D eigenvalue weighted by molar-refractivity contribution is 0.121. The van der Waals surface area contributed by atoms with Gasteiger partial charge in [0.2, 0.25) is 0 Å². The summed E-state index contributed by atoms with van der Waals surface area (Å²) in [5.74, 6) is 0. The zero-order chi connectivity index (χ0) is 14.8. The van der Waals surface area contributed by atoms with Crippen LogP contribution in [-0.4, -0.2) is 34.0 Å². The van der Waals surface area contributed by atoms with E-state index in [0.29, 0.717) is 6.54 Å². The molecular formula is C14H24N4O2. The maximum absolute atomic E-state index is 12.0. The summed E-state index contributed by atoms with van der Waals surface area (Å²) in [6.45, 7) is 6.45. The SMILES string of the molecule is Cc1n[nH]c(C)c1CNC(=O)NC1CCCC1(C)CO. The number of urea groups is 1. The Morgan fingerprint density at radius 1 is 1.55 bits per heavy atom. The largest absolute Gasteiger partial charge is 0.396 e. The summed E-state index contributed by atoms with van der Waals surface area (Å²) in [6, 6.07) is -0.143. The number of H-pyrrole nitrogens is 1. The fourth-order valence-electron chi connectivity index (χ4n) is 2.88.